The Morgan fingerprint density at radius 3 is 1.65 bits per heavy atom. The van der Waals surface area contributed by atoms with E-state index in [0.29, 0.717) is 23.0 Å². The lowest BCUT2D eigenvalue weighted by molar-refractivity contribution is -0.137. The molecule has 7 aromatic carbocycles. The minimum Gasteiger partial charge on any atom is -0.481 e. The molecule has 6 nitrogen and oxygen atoms in total. The van der Waals surface area contributed by atoms with Crippen molar-refractivity contribution in [2.45, 2.75) is 26.7 Å². The van der Waals surface area contributed by atoms with Crippen LogP contribution in [0.5, 0.6) is 23.0 Å². The van der Waals surface area contributed by atoms with Gasteiger partial charge in [-0.05, 0) is 52.9 Å². The van der Waals surface area contributed by atoms with Crippen LogP contribution in [0.15, 0.2) is 121 Å². The van der Waals surface area contributed by atoms with Crippen LogP contribution in [0.25, 0.3) is 43.1 Å². The molecule has 0 bridgehead atoms. The van der Waals surface area contributed by atoms with Gasteiger partial charge >= 0.3 is 11.9 Å². The highest BCUT2D eigenvalue weighted by Gasteiger charge is 2.21. The van der Waals surface area contributed by atoms with Crippen molar-refractivity contribution in [2.75, 3.05) is 13.2 Å². The number of hydrogen-bond acceptors (Lipinski definition) is 6. The van der Waals surface area contributed by atoms with Gasteiger partial charge in [0.15, 0.2) is 13.2 Å². The molecule has 0 N–H and O–H groups in total. The van der Waals surface area contributed by atoms with Gasteiger partial charge in [-0.2, -0.15) is 0 Å². The van der Waals surface area contributed by atoms with Gasteiger partial charge in [0, 0.05) is 32.3 Å². The minimum atomic E-state index is -0.512. The van der Waals surface area contributed by atoms with E-state index in [1.807, 2.05) is 103 Å². The van der Waals surface area contributed by atoms with Gasteiger partial charge in [0.25, 0.3) is 0 Å². The van der Waals surface area contributed by atoms with Crippen LogP contribution in [0.1, 0.15) is 25.0 Å². The van der Waals surface area contributed by atoms with Crippen molar-refractivity contribution in [2.24, 2.45) is 0 Å². The first-order valence-corrected chi connectivity index (χ1v) is 16.2. The number of aryl methyl sites for hydroxylation is 2. The Hall–Kier alpha value is -5.88. The summed E-state index contributed by atoms with van der Waals surface area (Å²) in [6.45, 7) is 3.57. The molecule has 48 heavy (non-hydrogen) atoms. The number of benzene rings is 7. The summed E-state index contributed by atoms with van der Waals surface area (Å²) in [4.78, 5) is 26.4. The van der Waals surface area contributed by atoms with E-state index in [9.17, 15) is 9.59 Å². The summed E-state index contributed by atoms with van der Waals surface area (Å²) in [6.07, 6.45) is 1.52. The predicted octanol–water partition coefficient (Wildman–Crippen LogP) is 9.39. The summed E-state index contributed by atoms with van der Waals surface area (Å²) in [6, 6.07) is 38.8. The molecule has 0 spiro atoms. The summed E-state index contributed by atoms with van der Waals surface area (Å²) in [5.41, 5.74) is 2.12. The number of carbonyl (C=O) groups excluding carboxylic acids is 2. The molecule has 0 aliphatic rings. The molecular formula is C42H34O6. The molecule has 6 heteroatoms. The zero-order valence-corrected chi connectivity index (χ0v) is 26.8. The van der Waals surface area contributed by atoms with E-state index in [0.717, 1.165) is 67.1 Å². The standard InChI is InChI=1S/C42H34O6/c1-3-27-22-23-33-35(24-27)41(45-25-38(43)47-36-20-10-15-29-12-5-7-17-31(29)36)34-19-9-14-28(4-2)40(34)42(33)46-26-39(44)48-37-21-11-16-30-13-6-8-18-32(30)37/h5-24H,3-4,25-26H2,1-2H3. The first-order valence-electron chi connectivity index (χ1n) is 16.2. The molecule has 0 aliphatic heterocycles. The zero-order chi connectivity index (χ0) is 33.0. The van der Waals surface area contributed by atoms with Crippen LogP contribution in [-0.4, -0.2) is 25.2 Å². The first-order chi connectivity index (χ1) is 23.5. The maximum absolute atomic E-state index is 13.2. The minimum absolute atomic E-state index is 0.293. The molecule has 0 saturated heterocycles. The predicted molar refractivity (Wildman–Crippen MR) is 190 cm³/mol. The molecule has 7 rings (SSSR count). The Balaban J connectivity index is 1.23. The number of rotatable bonds is 10. The van der Waals surface area contributed by atoms with Crippen molar-refractivity contribution >= 4 is 55.0 Å². The maximum Gasteiger partial charge on any atom is 0.349 e. The lowest BCUT2D eigenvalue weighted by atomic mass is 9.94. The van der Waals surface area contributed by atoms with Crippen molar-refractivity contribution in [3.63, 3.8) is 0 Å². The number of esters is 2. The number of carbonyl (C=O) groups is 2. The van der Waals surface area contributed by atoms with Crippen LogP contribution < -0.4 is 18.9 Å². The Bertz CT molecular complexity index is 2310. The summed E-state index contributed by atoms with van der Waals surface area (Å²) < 4.78 is 24.3. The van der Waals surface area contributed by atoms with Gasteiger partial charge < -0.3 is 18.9 Å². The second-order valence-corrected chi connectivity index (χ2v) is 11.6. The van der Waals surface area contributed by atoms with E-state index in [-0.39, 0.29) is 13.2 Å². The van der Waals surface area contributed by atoms with Gasteiger partial charge in [0.05, 0.1) is 0 Å². The average Bonchev–Trinajstić information content (AvgIpc) is 3.12. The second kappa shape index (κ2) is 13.5. The van der Waals surface area contributed by atoms with E-state index in [1.54, 1.807) is 12.1 Å². The van der Waals surface area contributed by atoms with Crippen LogP contribution in [0.3, 0.4) is 0 Å². The van der Waals surface area contributed by atoms with Crippen LogP contribution >= 0.6 is 0 Å². The molecular weight excluding hydrogens is 600 g/mol. The third-order valence-electron chi connectivity index (χ3n) is 8.60. The molecule has 0 amide bonds. The SMILES string of the molecule is CCc1ccc2c(OCC(=O)Oc3cccc4ccccc34)c3c(CC)cccc3c(OCC(=O)Oc3cccc4ccccc34)c2c1. The molecule has 0 heterocycles. The maximum atomic E-state index is 13.2. The lowest BCUT2D eigenvalue weighted by Crippen LogP contribution is -2.19. The van der Waals surface area contributed by atoms with Crippen LogP contribution in [0.4, 0.5) is 0 Å². The number of hydrogen-bond donors (Lipinski definition) is 0. The highest BCUT2D eigenvalue weighted by Crippen LogP contribution is 2.45. The third-order valence-corrected chi connectivity index (χ3v) is 8.60. The topological polar surface area (TPSA) is 71.1 Å². The summed E-state index contributed by atoms with van der Waals surface area (Å²) in [5, 5.41) is 6.84. The fourth-order valence-electron chi connectivity index (χ4n) is 6.27. The van der Waals surface area contributed by atoms with Gasteiger partial charge in [-0.1, -0.05) is 117 Å². The van der Waals surface area contributed by atoms with E-state index in [1.165, 1.54) is 0 Å². The van der Waals surface area contributed by atoms with Gasteiger partial charge in [0.2, 0.25) is 0 Å². The van der Waals surface area contributed by atoms with E-state index in [4.69, 9.17) is 18.9 Å². The van der Waals surface area contributed by atoms with Crippen LogP contribution in [0, 0.1) is 0 Å². The van der Waals surface area contributed by atoms with Gasteiger partial charge in [-0.25, -0.2) is 9.59 Å². The Labute approximate surface area is 278 Å². The monoisotopic (exact) mass is 634 g/mol. The molecule has 7 aromatic rings. The zero-order valence-electron chi connectivity index (χ0n) is 26.8. The molecule has 0 unspecified atom stereocenters. The molecule has 0 aliphatic carbocycles. The van der Waals surface area contributed by atoms with Gasteiger partial charge in [-0.3, -0.25) is 0 Å². The van der Waals surface area contributed by atoms with E-state index >= 15 is 0 Å². The van der Waals surface area contributed by atoms with Crippen molar-refractivity contribution in [1.82, 2.24) is 0 Å². The summed E-state index contributed by atoms with van der Waals surface area (Å²) in [5.74, 6) is 1.08. The highest BCUT2D eigenvalue weighted by molar-refractivity contribution is 6.12. The average molecular weight is 635 g/mol. The normalized spacial score (nSPS) is 11.2. The summed E-state index contributed by atoms with van der Waals surface area (Å²) >= 11 is 0. The Kier molecular flexibility index (Phi) is 8.63. The van der Waals surface area contributed by atoms with Crippen LogP contribution in [0.2, 0.25) is 0 Å². The highest BCUT2D eigenvalue weighted by atomic mass is 16.6. The number of ether oxygens (including phenoxy) is 4. The van der Waals surface area contributed by atoms with Crippen LogP contribution in [-0.2, 0) is 22.4 Å². The Morgan fingerprint density at radius 1 is 0.500 bits per heavy atom. The molecule has 0 saturated carbocycles. The number of fused-ring (bicyclic) bond motifs is 4. The smallest absolute Gasteiger partial charge is 0.349 e. The fourth-order valence-corrected chi connectivity index (χ4v) is 6.27. The molecule has 0 aromatic heterocycles. The van der Waals surface area contributed by atoms with Crippen molar-refractivity contribution < 1.29 is 28.5 Å². The van der Waals surface area contributed by atoms with Crippen molar-refractivity contribution in [1.29, 1.82) is 0 Å². The second-order valence-electron chi connectivity index (χ2n) is 11.6. The Morgan fingerprint density at radius 2 is 1.04 bits per heavy atom. The third kappa shape index (κ3) is 6.00. The van der Waals surface area contributed by atoms with E-state index in [2.05, 4.69) is 19.9 Å². The largest absolute Gasteiger partial charge is 0.481 e. The first kappa shape index (κ1) is 30.8. The molecule has 0 atom stereocenters. The quantitative estimate of drug-likeness (QED) is 0.0848. The lowest BCUT2D eigenvalue weighted by Gasteiger charge is -2.20. The fraction of sp³-hybridized carbons (Fsp3) is 0.143. The molecule has 0 radical (unpaired) electrons. The van der Waals surface area contributed by atoms with Gasteiger partial charge in [-0.15, -0.1) is 0 Å². The van der Waals surface area contributed by atoms with E-state index < -0.39 is 11.9 Å². The van der Waals surface area contributed by atoms with Crippen molar-refractivity contribution in [3.8, 4) is 23.0 Å². The van der Waals surface area contributed by atoms with Gasteiger partial charge in [0.1, 0.15) is 23.0 Å². The molecule has 238 valence electrons. The summed E-state index contributed by atoms with van der Waals surface area (Å²) in [7, 11) is 0. The molecule has 0 fully saturated rings. The van der Waals surface area contributed by atoms with Crippen molar-refractivity contribution in [3.05, 3.63) is 132 Å².